The Morgan fingerprint density at radius 2 is 1.85 bits per heavy atom. The van der Waals surface area contributed by atoms with Gasteiger partial charge in [-0.15, -0.1) is 11.3 Å². The zero-order valence-electron chi connectivity index (χ0n) is 19.2. The summed E-state index contributed by atoms with van der Waals surface area (Å²) in [5, 5.41) is 1.02. The monoisotopic (exact) mass is 460 g/mol. The normalized spacial score (nSPS) is 15.4. The minimum Gasteiger partial charge on any atom is -0.494 e. The molecule has 1 aliphatic rings. The van der Waals surface area contributed by atoms with Crippen molar-refractivity contribution in [1.82, 2.24) is 4.98 Å². The molecule has 0 bridgehead atoms. The van der Waals surface area contributed by atoms with E-state index in [2.05, 4.69) is 4.98 Å². The molecule has 1 aliphatic heterocycles. The molecule has 3 heterocycles. The molecule has 4 aromatic rings. The van der Waals surface area contributed by atoms with E-state index in [4.69, 9.17) is 9.15 Å². The summed E-state index contributed by atoms with van der Waals surface area (Å²) in [6.45, 7) is 10.2. The van der Waals surface area contributed by atoms with Gasteiger partial charge in [0.2, 0.25) is 5.76 Å². The number of thiazole rings is 1. The van der Waals surface area contributed by atoms with Gasteiger partial charge in [0.15, 0.2) is 10.6 Å². The first-order valence-electron chi connectivity index (χ1n) is 10.9. The number of carbonyl (C=O) groups is 1. The molecule has 0 fully saturated rings. The third-order valence-corrected chi connectivity index (χ3v) is 7.27. The molecule has 0 unspecified atom stereocenters. The Labute approximate surface area is 195 Å². The fourth-order valence-corrected chi connectivity index (χ4v) is 5.18. The summed E-state index contributed by atoms with van der Waals surface area (Å²) in [5.41, 5.74) is 4.20. The molecule has 168 valence electrons. The Morgan fingerprint density at radius 1 is 1.09 bits per heavy atom. The molecule has 0 saturated carbocycles. The van der Waals surface area contributed by atoms with Crippen LogP contribution in [0.1, 0.15) is 56.3 Å². The largest absolute Gasteiger partial charge is 0.494 e. The summed E-state index contributed by atoms with van der Waals surface area (Å²) in [7, 11) is 0. The van der Waals surface area contributed by atoms with Gasteiger partial charge in [-0.25, -0.2) is 4.98 Å². The molecule has 0 aliphatic carbocycles. The number of benzene rings is 2. The highest BCUT2D eigenvalue weighted by Crippen LogP contribution is 2.43. The van der Waals surface area contributed by atoms with Crippen LogP contribution in [0, 0.1) is 27.7 Å². The van der Waals surface area contributed by atoms with Gasteiger partial charge in [-0.2, -0.15) is 0 Å². The molecule has 1 atom stereocenters. The summed E-state index contributed by atoms with van der Waals surface area (Å²) in [5.74, 6) is 0.398. The van der Waals surface area contributed by atoms with Gasteiger partial charge in [0.1, 0.15) is 11.3 Å². The summed E-state index contributed by atoms with van der Waals surface area (Å²) < 4.78 is 11.8. The smallest absolute Gasteiger partial charge is 0.297 e. The van der Waals surface area contributed by atoms with Crippen LogP contribution in [0.2, 0.25) is 0 Å². The molecule has 5 rings (SSSR count). The first-order chi connectivity index (χ1) is 15.8. The molecule has 33 heavy (non-hydrogen) atoms. The van der Waals surface area contributed by atoms with Gasteiger partial charge in [-0.3, -0.25) is 14.5 Å². The van der Waals surface area contributed by atoms with E-state index < -0.39 is 6.04 Å². The number of nitrogens with zero attached hydrogens (tertiary/aromatic N) is 2. The zero-order valence-corrected chi connectivity index (χ0v) is 20.0. The van der Waals surface area contributed by atoms with E-state index in [9.17, 15) is 9.59 Å². The van der Waals surface area contributed by atoms with E-state index in [1.54, 1.807) is 4.90 Å². The van der Waals surface area contributed by atoms with E-state index in [0.717, 1.165) is 27.3 Å². The quantitative estimate of drug-likeness (QED) is 0.395. The van der Waals surface area contributed by atoms with Crippen molar-refractivity contribution in [1.29, 1.82) is 0 Å². The molecular weight excluding hydrogens is 436 g/mol. The third-order valence-electron chi connectivity index (χ3n) is 6.19. The molecule has 2 aromatic carbocycles. The summed E-state index contributed by atoms with van der Waals surface area (Å²) in [6, 6.07) is 10.5. The number of hydrogen-bond donors (Lipinski definition) is 0. The Hall–Kier alpha value is -3.45. The first kappa shape index (κ1) is 21.4. The zero-order chi connectivity index (χ0) is 23.4. The lowest BCUT2D eigenvalue weighted by Gasteiger charge is -2.23. The standard InChI is InChI=1S/C26H24N2O4S/c1-6-31-18-9-7-8-17(12-18)22-21-23(29)19-10-13(2)14(3)11-20(19)32-24(21)25(30)28(22)26-27-15(4)16(5)33-26/h7-12,22H,6H2,1-5H3/t22-/m1/s1. The van der Waals surface area contributed by atoms with Gasteiger partial charge < -0.3 is 9.15 Å². The Kier molecular flexibility index (Phi) is 5.09. The van der Waals surface area contributed by atoms with Crippen molar-refractivity contribution in [3.8, 4) is 5.75 Å². The fourth-order valence-electron chi connectivity index (χ4n) is 4.24. The van der Waals surface area contributed by atoms with Crippen molar-refractivity contribution in [2.45, 2.75) is 40.7 Å². The number of carbonyl (C=O) groups excluding carboxylic acids is 1. The minimum absolute atomic E-state index is 0.0769. The maximum Gasteiger partial charge on any atom is 0.297 e. The van der Waals surface area contributed by atoms with Crippen molar-refractivity contribution in [3.05, 3.63) is 85.2 Å². The highest BCUT2D eigenvalue weighted by molar-refractivity contribution is 7.15. The van der Waals surface area contributed by atoms with Crippen LogP contribution in [0.25, 0.3) is 11.0 Å². The van der Waals surface area contributed by atoms with E-state index in [0.29, 0.717) is 34.0 Å². The van der Waals surface area contributed by atoms with Crippen LogP contribution in [0.5, 0.6) is 5.75 Å². The molecule has 0 N–H and O–H groups in total. The summed E-state index contributed by atoms with van der Waals surface area (Å²) in [6.07, 6.45) is 0. The minimum atomic E-state index is -0.653. The fraction of sp³-hybridized carbons (Fsp3) is 0.269. The Bertz CT molecular complexity index is 1460. The molecule has 2 aromatic heterocycles. The topological polar surface area (TPSA) is 72.6 Å². The van der Waals surface area contributed by atoms with Gasteiger partial charge >= 0.3 is 0 Å². The third kappa shape index (κ3) is 3.35. The van der Waals surface area contributed by atoms with Crippen LogP contribution in [0.4, 0.5) is 5.13 Å². The summed E-state index contributed by atoms with van der Waals surface area (Å²) in [4.78, 5) is 34.7. The molecule has 0 saturated heterocycles. The van der Waals surface area contributed by atoms with Crippen LogP contribution >= 0.6 is 11.3 Å². The van der Waals surface area contributed by atoms with Gasteiger partial charge in [0.05, 0.1) is 29.3 Å². The van der Waals surface area contributed by atoms with Crippen molar-refractivity contribution in [3.63, 3.8) is 0 Å². The van der Waals surface area contributed by atoms with Crippen molar-refractivity contribution < 1.29 is 13.9 Å². The van der Waals surface area contributed by atoms with E-state index in [1.165, 1.54) is 11.3 Å². The molecule has 0 spiro atoms. The number of ether oxygens (including phenoxy) is 1. The second-order valence-electron chi connectivity index (χ2n) is 8.33. The van der Waals surface area contributed by atoms with Gasteiger partial charge in [-0.1, -0.05) is 12.1 Å². The van der Waals surface area contributed by atoms with Crippen molar-refractivity contribution >= 4 is 33.3 Å². The predicted molar refractivity (Wildman–Crippen MR) is 130 cm³/mol. The van der Waals surface area contributed by atoms with Crippen LogP contribution < -0.4 is 15.1 Å². The lowest BCUT2D eigenvalue weighted by Crippen LogP contribution is -2.29. The molecule has 0 radical (unpaired) electrons. The maximum atomic E-state index is 13.8. The highest BCUT2D eigenvalue weighted by Gasteiger charge is 2.45. The van der Waals surface area contributed by atoms with E-state index in [1.807, 2.05) is 71.0 Å². The second-order valence-corrected chi connectivity index (χ2v) is 9.51. The highest BCUT2D eigenvalue weighted by atomic mass is 32.1. The lowest BCUT2D eigenvalue weighted by molar-refractivity contribution is 0.0971. The lowest BCUT2D eigenvalue weighted by atomic mass is 9.97. The van der Waals surface area contributed by atoms with Gasteiger partial charge in [-0.05, 0) is 75.6 Å². The predicted octanol–water partition coefficient (Wildman–Crippen LogP) is 5.63. The molecule has 6 nitrogen and oxygen atoms in total. The maximum absolute atomic E-state index is 13.8. The number of amides is 1. The van der Waals surface area contributed by atoms with E-state index in [-0.39, 0.29) is 17.1 Å². The molecule has 7 heteroatoms. The number of anilines is 1. The second kappa shape index (κ2) is 7.85. The van der Waals surface area contributed by atoms with Crippen LogP contribution in [-0.2, 0) is 0 Å². The molecule has 1 amide bonds. The van der Waals surface area contributed by atoms with Crippen LogP contribution in [0.15, 0.2) is 45.6 Å². The number of fused-ring (bicyclic) bond motifs is 2. The summed E-state index contributed by atoms with van der Waals surface area (Å²) >= 11 is 1.43. The SMILES string of the molecule is CCOc1cccc([C@@H]2c3c(oc4cc(C)c(C)cc4c3=O)C(=O)N2c2nc(C)c(C)s2)c1. The van der Waals surface area contributed by atoms with E-state index >= 15 is 0 Å². The van der Waals surface area contributed by atoms with Crippen molar-refractivity contribution in [2.75, 3.05) is 11.5 Å². The Balaban J connectivity index is 1.81. The van der Waals surface area contributed by atoms with Crippen LogP contribution in [0.3, 0.4) is 0 Å². The van der Waals surface area contributed by atoms with Crippen LogP contribution in [-0.4, -0.2) is 17.5 Å². The van der Waals surface area contributed by atoms with Crippen molar-refractivity contribution in [2.24, 2.45) is 0 Å². The molecular formula is C26H24N2O4S. The van der Waals surface area contributed by atoms with Gasteiger partial charge in [0, 0.05) is 4.88 Å². The average Bonchev–Trinajstić information content (AvgIpc) is 3.26. The average molecular weight is 461 g/mol. The number of rotatable bonds is 4. The number of hydrogen-bond acceptors (Lipinski definition) is 6. The Morgan fingerprint density at radius 3 is 2.55 bits per heavy atom. The van der Waals surface area contributed by atoms with Gasteiger partial charge in [0.25, 0.3) is 5.91 Å². The first-order valence-corrected chi connectivity index (χ1v) is 11.7. The number of aromatic nitrogens is 1. The number of aryl methyl sites for hydroxylation is 4.